The summed E-state index contributed by atoms with van der Waals surface area (Å²) < 4.78 is 0. The second-order valence-electron chi connectivity index (χ2n) is 4.48. The first kappa shape index (κ1) is 10.8. The van der Waals surface area contributed by atoms with Crippen LogP contribution in [0.2, 0.25) is 0 Å². The largest absolute Gasteiger partial charge is 0.364 e. The Morgan fingerprint density at radius 2 is 1.67 bits per heavy atom. The molecule has 0 spiro atoms. The van der Waals surface area contributed by atoms with Gasteiger partial charge in [-0.2, -0.15) is 0 Å². The van der Waals surface area contributed by atoms with Crippen molar-refractivity contribution < 1.29 is 0 Å². The predicted molar refractivity (Wildman–Crippen MR) is 71.5 cm³/mol. The van der Waals surface area contributed by atoms with Gasteiger partial charge in [-0.1, -0.05) is 6.07 Å². The number of aryl methyl sites for hydroxylation is 1. The summed E-state index contributed by atoms with van der Waals surface area (Å²) in [7, 11) is 0. The van der Waals surface area contributed by atoms with Crippen molar-refractivity contribution >= 4 is 0 Å². The molecule has 2 N–H and O–H groups in total. The Bertz CT molecular complexity index is 575. The first-order valence-electron chi connectivity index (χ1n) is 6.03. The van der Waals surface area contributed by atoms with E-state index >= 15 is 0 Å². The molecule has 3 rings (SSSR count). The van der Waals surface area contributed by atoms with E-state index in [1.54, 1.807) is 0 Å². The van der Waals surface area contributed by atoms with Crippen LogP contribution in [0.3, 0.4) is 0 Å². The minimum Gasteiger partial charge on any atom is -0.364 e. The van der Waals surface area contributed by atoms with Crippen molar-refractivity contribution in [2.24, 2.45) is 0 Å². The third kappa shape index (κ3) is 1.95. The van der Waals surface area contributed by atoms with Crippen LogP contribution in [0.1, 0.15) is 28.4 Å². The molecule has 0 fully saturated rings. The predicted octanol–water partition coefficient (Wildman–Crippen LogP) is 3.23. The second-order valence-corrected chi connectivity index (χ2v) is 4.48. The summed E-state index contributed by atoms with van der Waals surface area (Å²) in [4.78, 5) is 10.9. The fourth-order valence-corrected chi connectivity index (χ4v) is 2.31. The fraction of sp³-hybridized carbons (Fsp3) is 0.133. The zero-order valence-electron chi connectivity index (χ0n) is 10.2. The normalized spacial score (nSPS) is 11.0. The molecule has 0 aliphatic heterocycles. The number of pyridine rings is 1. The molecule has 0 aliphatic rings. The van der Waals surface area contributed by atoms with Crippen molar-refractivity contribution in [2.45, 2.75) is 12.8 Å². The van der Waals surface area contributed by atoms with Crippen LogP contribution >= 0.6 is 0 Å². The van der Waals surface area contributed by atoms with E-state index in [1.165, 1.54) is 22.5 Å². The molecule has 0 aromatic carbocycles. The Balaban J connectivity index is 2.11. The molecule has 3 nitrogen and oxygen atoms in total. The molecule has 3 heteroatoms. The summed E-state index contributed by atoms with van der Waals surface area (Å²) >= 11 is 0. The summed E-state index contributed by atoms with van der Waals surface area (Å²) in [6.07, 6.45) is 7.71. The topological polar surface area (TPSA) is 44.5 Å². The number of rotatable bonds is 3. The molecule has 3 aromatic rings. The van der Waals surface area contributed by atoms with Crippen molar-refractivity contribution in [1.29, 1.82) is 0 Å². The van der Waals surface area contributed by atoms with Crippen molar-refractivity contribution in [3.63, 3.8) is 0 Å². The maximum atomic E-state index is 4.30. The van der Waals surface area contributed by atoms with Crippen LogP contribution in [0.4, 0.5) is 0 Å². The maximum absolute atomic E-state index is 4.30. The van der Waals surface area contributed by atoms with Crippen LogP contribution in [-0.2, 0) is 0 Å². The summed E-state index contributed by atoms with van der Waals surface area (Å²) in [5, 5.41) is 0. The summed E-state index contributed by atoms with van der Waals surface area (Å²) in [6.45, 7) is 2.07. The molecule has 0 saturated heterocycles. The van der Waals surface area contributed by atoms with Gasteiger partial charge in [-0.25, -0.2) is 0 Å². The average Bonchev–Trinajstić information content (AvgIpc) is 3.02. The van der Waals surface area contributed by atoms with Gasteiger partial charge >= 0.3 is 0 Å². The number of aromatic nitrogens is 3. The molecule has 3 heterocycles. The number of nitrogens with one attached hydrogen (secondary N) is 2. The number of aromatic amines is 2. The van der Waals surface area contributed by atoms with Crippen molar-refractivity contribution in [3.8, 4) is 0 Å². The Morgan fingerprint density at radius 1 is 1.00 bits per heavy atom. The molecule has 0 unspecified atom stereocenters. The van der Waals surface area contributed by atoms with Gasteiger partial charge in [-0.05, 0) is 42.3 Å². The highest BCUT2D eigenvalue weighted by atomic mass is 14.7. The lowest BCUT2D eigenvalue weighted by molar-refractivity contribution is 0.887. The lowest BCUT2D eigenvalue weighted by Gasteiger charge is -2.15. The maximum Gasteiger partial charge on any atom is 0.0656 e. The first-order chi connectivity index (χ1) is 8.84. The molecular weight excluding hydrogens is 222 g/mol. The van der Waals surface area contributed by atoms with E-state index < -0.39 is 0 Å². The molecule has 0 saturated carbocycles. The Hall–Kier alpha value is -2.29. The molecule has 0 radical (unpaired) electrons. The van der Waals surface area contributed by atoms with Gasteiger partial charge < -0.3 is 9.97 Å². The molecule has 0 bridgehead atoms. The number of hydrogen-bond acceptors (Lipinski definition) is 1. The molecule has 3 aromatic heterocycles. The summed E-state index contributed by atoms with van der Waals surface area (Å²) in [6, 6.07) is 10.4. The smallest absolute Gasteiger partial charge is 0.0656 e. The van der Waals surface area contributed by atoms with Crippen molar-refractivity contribution in [3.05, 3.63) is 77.6 Å². The third-order valence-electron chi connectivity index (χ3n) is 3.10. The molecule has 0 amide bonds. The van der Waals surface area contributed by atoms with Crippen LogP contribution in [0, 0.1) is 6.92 Å². The highest BCUT2D eigenvalue weighted by molar-refractivity contribution is 5.37. The lowest BCUT2D eigenvalue weighted by Crippen LogP contribution is -2.05. The molecular formula is C15H15N3. The van der Waals surface area contributed by atoms with Crippen LogP contribution < -0.4 is 0 Å². The van der Waals surface area contributed by atoms with Crippen molar-refractivity contribution in [2.75, 3.05) is 0 Å². The van der Waals surface area contributed by atoms with Gasteiger partial charge in [-0.3, -0.25) is 4.98 Å². The first-order valence-corrected chi connectivity index (χ1v) is 6.03. The van der Waals surface area contributed by atoms with Gasteiger partial charge in [0.05, 0.1) is 5.92 Å². The summed E-state index contributed by atoms with van der Waals surface area (Å²) in [5.41, 5.74) is 4.71. The van der Waals surface area contributed by atoms with E-state index in [1.807, 2.05) is 36.9 Å². The van der Waals surface area contributed by atoms with Gasteiger partial charge in [0.1, 0.15) is 0 Å². The molecule has 0 atom stereocenters. The van der Waals surface area contributed by atoms with E-state index in [9.17, 15) is 0 Å². The van der Waals surface area contributed by atoms with E-state index in [0.29, 0.717) is 0 Å². The minimum atomic E-state index is 0.183. The van der Waals surface area contributed by atoms with Crippen molar-refractivity contribution in [1.82, 2.24) is 15.0 Å². The Labute approximate surface area is 106 Å². The zero-order valence-corrected chi connectivity index (χ0v) is 10.2. The van der Waals surface area contributed by atoms with E-state index in [0.717, 1.165) is 0 Å². The highest BCUT2D eigenvalue weighted by Gasteiger charge is 2.18. The van der Waals surface area contributed by atoms with Crippen LogP contribution in [0.25, 0.3) is 0 Å². The standard InChI is InChI=1S/C15H15N3/c1-11-8-12(10-16-9-11)15(13-4-2-6-17-13)14-5-3-7-18-14/h2-10,15,17-18H,1H3. The van der Waals surface area contributed by atoms with Gasteiger partial charge in [0.25, 0.3) is 0 Å². The lowest BCUT2D eigenvalue weighted by atomic mass is 9.93. The van der Waals surface area contributed by atoms with Gasteiger partial charge in [0, 0.05) is 36.2 Å². The monoisotopic (exact) mass is 237 g/mol. The average molecular weight is 237 g/mol. The van der Waals surface area contributed by atoms with Gasteiger partial charge in [-0.15, -0.1) is 0 Å². The van der Waals surface area contributed by atoms with Crippen LogP contribution in [0.5, 0.6) is 0 Å². The van der Waals surface area contributed by atoms with Crippen LogP contribution in [0.15, 0.2) is 55.1 Å². The quantitative estimate of drug-likeness (QED) is 0.721. The number of H-pyrrole nitrogens is 2. The van der Waals surface area contributed by atoms with Crippen LogP contribution in [-0.4, -0.2) is 15.0 Å². The number of nitrogens with zero attached hydrogens (tertiary/aromatic N) is 1. The number of hydrogen-bond donors (Lipinski definition) is 2. The second kappa shape index (κ2) is 4.53. The Kier molecular flexibility index (Phi) is 2.73. The molecule has 0 aliphatic carbocycles. The third-order valence-corrected chi connectivity index (χ3v) is 3.10. The molecule has 18 heavy (non-hydrogen) atoms. The highest BCUT2D eigenvalue weighted by Crippen LogP contribution is 2.29. The Morgan fingerprint density at radius 3 is 2.17 bits per heavy atom. The van der Waals surface area contributed by atoms with E-state index in [4.69, 9.17) is 0 Å². The van der Waals surface area contributed by atoms with Gasteiger partial charge in [0.15, 0.2) is 0 Å². The zero-order chi connectivity index (χ0) is 12.4. The summed E-state index contributed by atoms with van der Waals surface area (Å²) in [5.74, 6) is 0.183. The van der Waals surface area contributed by atoms with E-state index in [-0.39, 0.29) is 5.92 Å². The minimum absolute atomic E-state index is 0.183. The van der Waals surface area contributed by atoms with E-state index in [2.05, 4.69) is 40.1 Å². The SMILES string of the molecule is Cc1cncc(C(c2ccc[nH]2)c2ccc[nH]2)c1. The fourth-order valence-electron chi connectivity index (χ4n) is 2.31. The molecule has 90 valence electrons. The van der Waals surface area contributed by atoms with Gasteiger partial charge in [0.2, 0.25) is 0 Å².